The molecular weight excluding hydrogens is 202 g/mol. The summed E-state index contributed by atoms with van der Waals surface area (Å²) in [6.07, 6.45) is 0. The second-order valence-electron chi connectivity index (χ2n) is 3.59. The Labute approximate surface area is 93.6 Å². The van der Waals surface area contributed by atoms with Crippen molar-refractivity contribution >= 4 is 11.4 Å². The zero-order valence-electron chi connectivity index (χ0n) is 8.86. The molecule has 0 unspecified atom stereocenters. The molecule has 0 spiro atoms. The lowest BCUT2D eigenvalue weighted by Crippen LogP contribution is -2.02. The van der Waals surface area contributed by atoms with Crippen LogP contribution in [-0.4, -0.2) is 7.11 Å². The maximum absolute atomic E-state index is 5.76. The molecule has 0 saturated heterocycles. The van der Waals surface area contributed by atoms with E-state index in [0.29, 0.717) is 0 Å². The van der Waals surface area contributed by atoms with Gasteiger partial charge in [0.1, 0.15) is 5.75 Å². The number of benzene rings is 2. The first kappa shape index (κ1) is 9.09. The zero-order valence-corrected chi connectivity index (χ0v) is 8.86. The van der Waals surface area contributed by atoms with E-state index >= 15 is 0 Å². The van der Waals surface area contributed by atoms with Crippen molar-refractivity contribution in [2.75, 3.05) is 12.4 Å². The molecule has 16 heavy (non-hydrogen) atoms. The minimum absolute atomic E-state index is 0.814. The second kappa shape index (κ2) is 3.45. The molecular formula is C13H11NO2. The van der Waals surface area contributed by atoms with Crippen molar-refractivity contribution < 1.29 is 9.47 Å². The van der Waals surface area contributed by atoms with Gasteiger partial charge < -0.3 is 14.8 Å². The minimum atomic E-state index is 0.814. The highest BCUT2D eigenvalue weighted by atomic mass is 16.5. The molecule has 3 heteroatoms. The molecule has 0 aromatic heterocycles. The summed E-state index contributed by atoms with van der Waals surface area (Å²) in [6.45, 7) is 0. The van der Waals surface area contributed by atoms with Crippen LogP contribution in [0.25, 0.3) is 0 Å². The van der Waals surface area contributed by atoms with Gasteiger partial charge in [-0.1, -0.05) is 12.1 Å². The number of ether oxygens (including phenoxy) is 2. The maximum Gasteiger partial charge on any atom is 0.151 e. The van der Waals surface area contributed by atoms with Crippen molar-refractivity contribution in [3.05, 3.63) is 42.5 Å². The molecule has 0 bridgehead atoms. The molecule has 2 aromatic carbocycles. The average Bonchev–Trinajstić information content (AvgIpc) is 2.35. The number of methoxy groups -OCH3 is 1. The molecule has 0 aliphatic carbocycles. The number of anilines is 2. The first-order chi connectivity index (χ1) is 7.86. The van der Waals surface area contributed by atoms with Gasteiger partial charge in [-0.3, -0.25) is 0 Å². The number of rotatable bonds is 1. The number of hydrogen-bond donors (Lipinski definition) is 1. The van der Waals surface area contributed by atoms with E-state index in [1.807, 2.05) is 42.5 Å². The molecule has 1 heterocycles. The summed E-state index contributed by atoms with van der Waals surface area (Å²) in [6, 6.07) is 13.6. The van der Waals surface area contributed by atoms with Crippen LogP contribution in [0.4, 0.5) is 11.4 Å². The fraction of sp³-hybridized carbons (Fsp3) is 0.0769. The van der Waals surface area contributed by atoms with E-state index in [1.54, 1.807) is 7.11 Å². The van der Waals surface area contributed by atoms with E-state index in [0.717, 1.165) is 28.6 Å². The van der Waals surface area contributed by atoms with Crippen LogP contribution in [-0.2, 0) is 0 Å². The molecule has 0 radical (unpaired) electrons. The Kier molecular flexibility index (Phi) is 1.96. The predicted octanol–water partition coefficient (Wildman–Crippen LogP) is 3.54. The normalized spacial score (nSPS) is 11.8. The first-order valence-electron chi connectivity index (χ1n) is 5.09. The van der Waals surface area contributed by atoms with E-state index < -0.39 is 0 Å². The largest absolute Gasteiger partial charge is 0.497 e. The Morgan fingerprint density at radius 3 is 2.69 bits per heavy atom. The van der Waals surface area contributed by atoms with Crippen molar-refractivity contribution in [2.24, 2.45) is 0 Å². The van der Waals surface area contributed by atoms with Gasteiger partial charge in [-0.25, -0.2) is 0 Å². The Bertz CT molecular complexity index is 537. The molecule has 0 atom stereocenters. The lowest BCUT2D eigenvalue weighted by molar-refractivity contribution is 0.413. The number of nitrogens with one attached hydrogen (secondary N) is 1. The summed E-state index contributed by atoms with van der Waals surface area (Å²) in [7, 11) is 1.65. The van der Waals surface area contributed by atoms with Crippen molar-refractivity contribution in [3.8, 4) is 17.2 Å². The Morgan fingerprint density at radius 2 is 1.81 bits per heavy atom. The van der Waals surface area contributed by atoms with E-state index in [4.69, 9.17) is 9.47 Å². The monoisotopic (exact) mass is 213 g/mol. The van der Waals surface area contributed by atoms with E-state index in [2.05, 4.69) is 5.32 Å². The SMILES string of the molecule is COc1ccc2c(c1)Nc1ccccc1O2. The van der Waals surface area contributed by atoms with Crippen LogP contribution in [0.2, 0.25) is 0 Å². The fourth-order valence-electron chi connectivity index (χ4n) is 1.75. The van der Waals surface area contributed by atoms with Crippen LogP contribution in [0.5, 0.6) is 17.2 Å². The highest BCUT2D eigenvalue weighted by Crippen LogP contribution is 2.42. The smallest absolute Gasteiger partial charge is 0.151 e. The summed E-state index contributed by atoms with van der Waals surface area (Å²) in [5.41, 5.74) is 1.90. The van der Waals surface area contributed by atoms with E-state index in [-0.39, 0.29) is 0 Å². The molecule has 1 N–H and O–H groups in total. The summed E-state index contributed by atoms with van der Waals surface area (Å²) in [5.74, 6) is 2.48. The van der Waals surface area contributed by atoms with Gasteiger partial charge in [0.25, 0.3) is 0 Å². The van der Waals surface area contributed by atoms with E-state index in [9.17, 15) is 0 Å². The Hall–Kier alpha value is -2.16. The standard InChI is InChI=1S/C13H11NO2/c1-15-9-6-7-13-11(8-9)14-10-4-2-3-5-12(10)16-13/h2-8,14H,1H3. The molecule has 3 nitrogen and oxygen atoms in total. The molecule has 3 rings (SSSR count). The molecule has 1 aliphatic rings. The van der Waals surface area contributed by atoms with Crippen LogP contribution in [0.15, 0.2) is 42.5 Å². The van der Waals surface area contributed by atoms with Gasteiger partial charge in [-0.2, -0.15) is 0 Å². The van der Waals surface area contributed by atoms with Crippen molar-refractivity contribution in [1.29, 1.82) is 0 Å². The lowest BCUT2D eigenvalue weighted by Gasteiger charge is -2.21. The van der Waals surface area contributed by atoms with Crippen LogP contribution < -0.4 is 14.8 Å². The summed E-state index contributed by atoms with van der Waals surface area (Å²) < 4.78 is 10.9. The molecule has 80 valence electrons. The molecule has 0 amide bonds. The van der Waals surface area contributed by atoms with Crippen molar-refractivity contribution in [1.82, 2.24) is 0 Å². The highest BCUT2D eigenvalue weighted by Gasteiger charge is 2.15. The lowest BCUT2D eigenvalue weighted by atomic mass is 10.2. The summed E-state index contributed by atoms with van der Waals surface area (Å²) in [4.78, 5) is 0. The van der Waals surface area contributed by atoms with Gasteiger partial charge in [-0.15, -0.1) is 0 Å². The van der Waals surface area contributed by atoms with Gasteiger partial charge in [0.05, 0.1) is 18.5 Å². The van der Waals surface area contributed by atoms with Gasteiger partial charge in [0.2, 0.25) is 0 Å². The van der Waals surface area contributed by atoms with Crippen molar-refractivity contribution in [3.63, 3.8) is 0 Å². The maximum atomic E-state index is 5.76. The average molecular weight is 213 g/mol. The third-order valence-corrected chi connectivity index (χ3v) is 2.56. The molecule has 0 saturated carbocycles. The first-order valence-corrected chi connectivity index (χ1v) is 5.09. The minimum Gasteiger partial charge on any atom is -0.497 e. The summed E-state index contributed by atoms with van der Waals surface area (Å²) >= 11 is 0. The van der Waals surface area contributed by atoms with Gasteiger partial charge in [0.15, 0.2) is 11.5 Å². The van der Waals surface area contributed by atoms with Gasteiger partial charge in [0, 0.05) is 6.07 Å². The van der Waals surface area contributed by atoms with Crippen LogP contribution in [0.1, 0.15) is 0 Å². The van der Waals surface area contributed by atoms with Crippen molar-refractivity contribution in [2.45, 2.75) is 0 Å². The Morgan fingerprint density at radius 1 is 1.00 bits per heavy atom. The number of hydrogen-bond acceptors (Lipinski definition) is 3. The Balaban J connectivity index is 2.05. The summed E-state index contributed by atoms with van der Waals surface area (Å²) in [5, 5.41) is 3.31. The molecule has 1 aliphatic heterocycles. The quantitative estimate of drug-likeness (QED) is 0.670. The second-order valence-corrected chi connectivity index (χ2v) is 3.59. The third-order valence-electron chi connectivity index (χ3n) is 2.56. The topological polar surface area (TPSA) is 30.5 Å². The van der Waals surface area contributed by atoms with Crippen LogP contribution >= 0.6 is 0 Å². The molecule has 0 fully saturated rings. The zero-order chi connectivity index (χ0) is 11.0. The van der Waals surface area contributed by atoms with E-state index in [1.165, 1.54) is 0 Å². The highest BCUT2D eigenvalue weighted by molar-refractivity contribution is 5.76. The van der Waals surface area contributed by atoms with Crippen LogP contribution in [0, 0.1) is 0 Å². The fourth-order valence-corrected chi connectivity index (χ4v) is 1.75. The van der Waals surface area contributed by atoms with Gasteiger partial charge >= 0.3 is 0 Å². The van der Waals surface area contributed by atoms with Crippen LogP contribution in [0.3, 0.4) is 0 Å². The van der Waals surface area contributed by atoms with Gasteiger partial charge in [-0.05, 0) is 24.3 Å². The molecule has 2 aromatic rings. The third kappa shape index (κ3) is 1.37. The number of fused-ring (bicyclic) bond motifs is 2. The number of para-hydroxylation sites is 2. The predicted molar refractivity (Wildman–Crippen MR) is 62.8 cm³/mol.